The SMILES string of the molecule is CCOc1ccccc1N(CC(=O)Nc1cc(C(=O)OC)ccc1C(=O)OC)S(=O)(=O)c1ccc(Cl)cc1. The van der Waals surface area contributed by atoms with Crippen LogP contribution in [0.25, 0.3) is 0 Å². The predicted molar refractivity (Wildman–Crippen MR) is 141 cm³/mol. The molecule has 0 spiro atoms. The van der Waals surface area contributed by atoms with E-state index < -0.39 is 34.4 Å². The first-order valence-corrected chi connectivity index (χ1v) is 13.0. The average Bonchev–Trinajstić information content (AvgIpc) is 2.91. The highest BCUT2D eigenvalue weighted by atomic mass is 35.5. The van der Waals surface area contributed by atoms with Crippen molar-refractivity contribution in [3.63, 3.8) is 0 Å². The van der Waals surface area contributed by atoms with Crippen molar-refractivity contribution >= 4 is 50.8 Å². The molecule has 0 aromatic heterocycles. The molecule has 0 bridgehead atoms. The van der Waals surface area contributed by atoms with Gasteiger partial charge in [0.1, 0.15) is 12.3 Å². The molecule has 0 aliphatic heterocycles. The number of rotatable bonds is 10. The Morgan fingerprint density at radius 1 is 0.921 bits per heavy atom. The Hall–Kier alpha value is -4.09. The Labute approximate surface area is 225 Å². The van der Waals surface area contributed by atoms with E-state index in [0.717, 1.165) is 11.4 Å². The summed E-state index contributed by atoms with van der Waals surface area (Å²) in [5.74, 6) is -2.04. The van der Waals surface area contributed by atoms with Crippen molar-refractivity contribution in [3.8, 4) is 5.75 Å². The van der Waals surface area contributed by atoms with Gasteiger partial charge in [0.15, 0.2) is 0 Å². The average molecular weight is 561 g/mol. The number of benzene rings is 3. The first-order valence-electron chi connectivity index (χ1n) is 11.2. The molecule has 0 saturated heterocycles. The summed E-state index contributed by atoms with van der Waals surface area (Å²) in [4.78, 5) is 37.4. The second-order valence-corrected chi connectivity index (χ2v) is 9.96. The molecule has 0 aliphatic carbocycles. The van der Waals surface area contributed by atoms with Crippen LogP contribution < -0.4 is 14.4 Å². The highest BCUT2D eigenvalue weighted by Crippen LogP contribution is 2.33. The zero-order valence-corrected chi connectivity index (χ0v) is 22.3. The molecular weight excluding hydrogens is 536 g/mol. The second kappa shape index (κ2) is 12.4. The van der Waals surface area contributed by atoms with Gasteiger partial charge in [0.2, 0.25) is 5.91 Å². The number of nitrogens with zero attached hydrogens (tertiary/aromatic N) is 1. The van der Waals surface area contributed by atoms with Gasteiger partial charge in [0.25, 0.3) is 10.0 Å². The fourth-order valence-corrected chi connectivity index (χ4v) is 5.03. The largest absolute Gasteiger partial charge is 0.492 e. The number of ether oxygens (including phenoxy) is 3. The molecule has 0 atom stereocenters. The van der Waals surface area contributed by atoms with Crippen LogP contribution >= 0.6 is 11.6 Å². The van der Waals surface area contributed by atoms with Crippen molar-refractivity contribution in [3.05, 3.63) is 82.9 Å². The van der Waals surface area contributed by atoms with E-state index >= 15 is 0 Å². The number of carbonyl (C=O) groups excluding carboxylic acids is 3. The van der Waals surface area contributed by atoms with Crippen molar-refractivity contribution in [1.29, 1.82) is 0 Å². The van der Waals surface area contributed by atoms with Crippen molar-refractivity contribution in [1.82, 2.24) is 0 Å². The van der Waals surface area contributed by atoms with E-state index in [1.54, 1.807) is 25.1 Å². The summed E-state index contributed by atoms with van der Waals surface area (Å²) in [7, 11) is -1.94. The number of halogens is 1. The Bertz CT molecular complexity index is 1440. The minimum atomic E-state index is -4.29. The smallest absolute Gasteiger partial charge is 0.339 e. The van der Waals surface area contributed by atoms with Crippen LogP contribution in [0.4, 0.5) is 11.4 Å². The number of carbonyl (C=O) groups is 3. The number of nitrogens with one attached hydrogen (secondary N) is 1. The van der Waals surface area contributed by atoms with Gasteiger partial charge in [-0.3, -0.25) is 9.10 Å². The highest BCUT2D eigenvalue weighted by molar-refractivity contribution is 7.92. The minimum absolute atomic E-state index is 0.0460. The Balaban J connectivity index is 2.05. The van der Waals surface area contributed by atoms with Crippen LogP contribution in [0.1, 0.15) is 27.6 Å². The van der Waals surface area contributed by atoms with Gasteiger partial charge in [-0.05, 0) is 61.5 Å². The molecule has 0 radical (unpaired) electrons. The second-order valence-electron chi connectivity index (χ2n) is 7.66. The first kappa shape index (κ1) is 28.5. The number of anilines is 2. The summed E-state index contributed by atoms with van der Waals surface area (Å²) >= 11 is 5.93. The summed E-state index contributed by atoms with van der Waals surface area (Å²) in [6, 6.07) is 15.7. The van der Waals surface area contributed by atoms with Gasteiger partial charge in [-0.1, -0.05) is 23.7 Å². The first-order chi connectivity index (χ1) is 18.1. The molecule has 12 heteroatoms. The number of hydrogen-bond donors (Lipinski definition) is 1. The van der Waals surface area contributed by atoms with Crippen LogP contribution in [0.2, 0.25) is 5.02 Å². The number of methoxy groups -OCH3 is 2. The van der Waals surface area contributed by atoms with E-state index in [2.05, 4.69) is 5.32 Å². The lowest BCUT2D eigenvalue weighted by Crippen LogP contribution is -2.38. The van der Waals surface area contributed by atoms with Crippen molar-refractivity contribution in [2.75, 3.05) is 37.0 Å². The van der Waals surface area contributed by atoms with E-state index in [-0.39, 0.29) is 39.8 Å². The van der Waals surface area contributed by atoms with Crippen LogP contribution in [-0.4, -0.2) is 53.6 Å². The molecule has 1 N–H and O–H groups in total. The van der Waals surface area contributed by atoms with Crippen molar-refractivity contribution in [2.45, 2.75) is 11.8 Å². The Kier molecular flexibility index (Phi) is 9.32. The Morgan fingerprint density at radius 2 is 1.58 bits per heavy atom. The molecule has 3 aromatic carbocycles. The fraction of sp³-hybridized carbons (Fsp3) is 0.192. The maximum Gasteiger partial charge on any atom is 0.339 e. The third-order valence-electron chi connectivity index (χ3n) is 5.24. The number of sulfonamides is 1. The fourth-order valence-electron chi connectivity index (χ4n) is 3.47. The molecule has 1 amide bonds. The maximum atomic E-state index is 13.7. The van der Waals surface area contributed by atoms with Gasteiger partial charge in [-0.25, -0.2) is 18.0 Å². The standard InChI is InChI=1S/C26H25ClN2O8S/c1-4-37-23-8-6-5-7-22(23)29(38(33,34)19-12-10-18(27)11-13-19)16-24(30)28-21-15-17(25(31)35-2)9-14-20(21)26(32)36-3/h5-15H,4,16H2,1-3H3,(H,28,30). The monoisotopic (exact) mass is 560 g/mol. The van der Waals surface area contributed by atoms with Gasteiger partial charge in [0.05, 0.1) is 48.2 Å². The van der Waals surface area contributed by atoms with Crippen molar-refractivity contribution in [2.24, 2.45) is 0 Å². The van der Waals surface area contributed by atoms with E-state index in [1.807, 2.05) is 0 Å². The molecule has 0 heterocycles. The van der Waals surface area contributed by atoms with Gasteiger partial charge in [-0.2, -0.15) is 0 Å². The van der Waals surface area contributed by atoms with E-state index in [0.29, 0.717) is 5.02 Å². The summed E-state index contributed by atoms with van der Waals surface area (Å²) in [6.07, 6.45) is 0. The van der Waals surface area contributed by atoms with E-state index in [4.69, 9.17) is 25.8 Å². The highest BCUT2D eigenvalue weighted by Gasteiger charge is 2.30. The quantitative estimate of drug-likeness (QED) is 0.366. The number of esters is 2. The summed E-state index contributed by atoms with van der Waals surface area (Å²) in [5, 5.41) is 2.85. The van der Waals surface area contributed by atoms with Gasteiger partial charge < -0.3 is 19.5 Å². The van der Waals surface area contributed by atoms with Gasteiger partial charge in [0, 0.05) is 5.02 Å². The number of hydrogen-bond acceptors (Lipinski definition) is 8. The van der Waals surface area contributed by atoms with Crippen LogP contribution in [0.15, 0.2) is 71.6 Å². The predicted octanol–water partition coefficient (Wildman–Crippen LogP) is 4.15. The van der Waals surface area contributed by atoms with Crippen LogP contribution in [0, 0.1) is 0 Å². The van der Waals surface area contributed by atoms with E-state index in [1.165, 1.54) is 55.6 Å². The topological polar surface area (TPSA) is 128 Å². The zero-order valence-electron chi connectivity index (χ0n) is 20.8. The molecular formula is C26H25ClN2O8S. The molecule has 0 unspecified atom stereocenters. The molecule has 38 heavy (non-hydrogen) atoms. The normalized spacial score (nSPS) is 10.8. The van der Waals surface area contributed by atoms with Crippen LogP contribution in [0.3, 0.4) is 0 Å². The molecule has 0 saturated carbocycles. The van der Waals surface area contributed by atoms with Crippen molar-refractivity contribution < 1.29 is 37.0 Å². The molecule has 200 valence electrons. The molecule has 0 fully saturated rings. The third-order valence-corrected chi connectivity index (χ3v) is 7.27. The summed E-state index contributed by atoms with van der Waals surface area (Å²) < 4.78 is 43.4. The summed E-state index contributed by atoms with van der Waals surface area (Å²) in [6.45, 7) is 1.29. The van der Waals surface area contributed by atoms with Gasteiger partial charge >= 0.3 is 11.9 Å². The summed E-state index contributed by atoms with van der Waals surface area (Å²) in [5.41, 5.74) is 0.0701. The van der Waals surface area contributed by atoms with Gasteiger partial charge in [-0.15, -0.1) is 0 Å². The number of para-hydroxylation sites is 2. The molecule has 10 nitrogen and oxygen atoms in total. The van der Waals surface area contributed by atoms with E-state index in [9.17, 15) is 22.8 Å². The zero-order chi connectivity index (χ0) is 27.9. The molecule has 0 aliphatic rings. The van der Waals surface area contributed by atoms with Crippen LogP contribution in [0.5, 0.6) is 5.75 Å². The third kappa shape index (κ3) is 6.42. The lowest BCUT2D eigenvalue weighted by molar-refractivity contribution is -0.114. The lowest BCUT2D eigenvalue weighted by Gasteiger charge is -2.26. The maximum absolute atomic E-state index is 13.7. The minimum Gasteiger partial charge on any atom is -0.492 e. The van der Waals surface area contributed by atoms with Crippen LogP contribution in [-0.2, 0) is 24.3 Å². The number of amides is 1. The Morgan fingerprint density at radius 3 is 2.21 bits per heavy atom. The lowest BCUT2D eigenvalue weighted by atomic mass is 10.1. The molecule has 3 aromatic rings. The molecule has 3 rings (SSSR count).